The molecular formula is C18H23ClN4O2. The number of aromatic nitrogens is 2. The number of piperidine rings is 1. The predicted molar refractivity (Wildman–Crippen MR) is 96.7 cm³/mol. The molecule has 1 amide bonds. The number of hydrogen-bond acceptors (Lipinski definition) is 4. The maximum absolute atomic E-state index is 13.0. The third kappa shape index (κ3) is 4.14. The smallest absolute Gasteiger partial charge is 0.264 e. The van der Waals surface area contributed by atoms with Crippen LogP contribution < -0.4 is 15.4 Å². The average Bonchev–Trinajstić information content (AvgIpc) is 3.10. The third-order valence-electron chi connectivity index (χ3n) is 4.52. The van der Waals surface area contributed by atoms with Gasteiger partial charge in [0.05, 0.1) is 18.6 Å². The Morgan fingerprint density at radius 1 is 1.36 bits per heavy atom. The molecule has 1 aliphatic rings. The number of nitrogens with zero attached hydrogens (tertiary/aromatic N) is 2. The summed E-state index contributed by atoms with van der Waals surface area (Å²) in [5, 5.41) is 6.95. The highest BCUT2D eigenvalue weighted by Crippen LogP contribution is 2.28. The fourth-order valence-electron chi connectivity index (χ4n) is 3.05. The van der Waals surface area contributed by atoms with Gasteiger partial charge in [0.25, 0.3) is 5.91 Å². The van der Waals surface area contributed by atoms with Gasteiger partial charge in [-0.05, 0) is 44.3 Å². The summed E-state index contributed by atoms with van der Waals surface area (Å²) in [6.07, 6.45) is 4.79. The minimum absolute atomic E-state index is 0.0900. The zero-order valence-electron chi connectivity index (χ0n) is 14.3. The van der Waals surface area contributed by atoms with Crippen LogP contribution in [0.3, 0.4) is 0 Å². The van der Waals surface area contributed by atoms with Crippen molar-refractivity contribution in [2.45, 2.75) is 38.5 Å². The van der Waals surface area contributed by atoms with Gasteiger partial charge in [-0.2, -0.15) is 0 Å². The number of nitrogens with one attached hydrogen (secondary N) is 2. The van der Waals surface area contributed by atoms with Crippen molar-refractivity contribution < 1.29 is 9.53 Å². The first-order valence-electron chi connectivity index (χ1n) is 8.55. The predicted octanol–water partition coefficient (Wildman–Crippen LogP) is 2.37. The molecular weight excluding hydrogens is 340 g/mol. The van der Waals surface area contributed by atoms with Gasteiger partial charge in [0.2, 0.25) is 0 Å². The van der Waals surface area contributed by atoms with Crippen molar-refractivity contribution in [3.8, 4) is 5.75 Å². The second-order valence-corrected chi connectivity index (χ2v) is 6.59. The molecule has 1 aromatic heterocycles. The minimum atomic E-state index is -0.865. The van der Waals surface area contributed by atoms with Gasteiger partial charge < -0.3 is 19.9 Å². The van der Waals surface area contributed by atoms with Crippen molar-refractivity contribution in [3.63, 3.8) is 0 Å². The molecule has 0 aliphatic carbocycles. The summed E-state index contributed by atoms with van der Waals surface area (Å²) in [6.45, 7) is 4.79. The third-order valence-corrected chi connectivity index (χ3v) is 4.77. The lowest BCUT2D eigenvalue weighted by Crippen LogP contribution is -2.56. The summed E-state index contributed by atoms with van der Waals surface area (Å²) in [5.41, 5.74) is 0.113. The second kappa shape index (κ2) is 7.89. The number of hydrogen-bond donors (Lipinski definition) is 2. The quantitative estimate of drug-likeness (QED) is 0.827. The van der Waals surface area contributed by atoms with Crippen molar-refractivity contribution in [1.82, 2.24) is 20.2 Å². The molecule has 1 fully saturated rings. The lowest BCUT2D eigenvalue weighted by Gasteiger charge is -2.36. The van der Waals surface area contributed by atoms with E-state index in [9.17, 15) is 4.79 Å². The summed E-state index contributed by atoms with van der Waals surface area (Å²) < 4.78 is 8.16. The fourth-order valence-corrected chi connectivity index (χ4v) is 3.17. The molecule has 1 saturated heterocycles. The SMILES string of the molecule is CCn1cncc1CNC(=O)C1(Oc2ccc(Cl)cc2)CCNCC1. The van der Waals surface area contributed by atoms with Crippen molar-refractivity contribution in [2.24, 2.45) is 0 Å². The van der Waals surface area contributed by atoms with Crippen LogP contribution in [-0.2, 0) is 17.9 Å². The van der Waals surface area contributed by atoms with Gasteiger partial charge >= 0.3 is 0 Å². The van der Waals surface area contributed by atoms with Gasteiger partial charge in [0, 0.05) is 30.6 Å². The molecule has 2 N–H and O–H groups in total. The molecule has 3 rings (SSSR count). The van der Waals surface area contributed by atoms with Crippen LogP contribution in [-0.4, -0.2) is 34.1 Å². The molecule has 0 atom stereocenters. The molecule has 0 spiro atoms. The Kier molecular flexibility index (Phi) is 5.60. The van der Waals surface area contributed by atoms with Gasteiger partial charge in [0.15, 0.2) is 5.60 Å². The largest absolute Gasteiger partial charge is 0.477 e. The van der Waals surface area contributed by atoms with E-state index in [1.807, 2.05) is 11.5 Å². The Bertz CT molecular complexity index is 708. The number of rotatable bonds is 6. The van der Waals surface area contributed by atoms with Crippen LogP contribution in [0.25, 0.3) is 0 Å². The second-order valence-electron chi connectivity index (χ2n) is 6.15. The van der Waals surface area contributed by atoms with Crippen LogP contribution in [0.4, 0.5) is 0 Å². The van der Waals surface area contributed by atoms with Crippen LogP contribution in [0, 0.1) is 0 Å². The van der Waals surface area contributed by atoms with E-state index in [1.54, 1.807) is 36.8 Å². The first-order valence-corrected chi connectivity index (χ1v) is 8.93. The van der Waals surface area contributed by atoms with Gasteiger partial charge in [-0.1, -0.05) is 11.6 Å². The maximum Gasteiger partial charge on any atom is 0.264 e. The summed E-state index contributed by atoms with van der Waals surface area (Å²) in [5.74, 6) is 0.563. The fraction of sp³-hybridized carbons (Fsp3) is 0.444. The molecule has 1 aliphatic heterocycles. The normalized spacial score (nSPS) is 16.4. The molecule has 134 valence electrons. The van der Waals surface area contributed by atoms with Gasteiger partial charge in [0.1, 0.15) is 5.75 Å². The number of amides is 1. The van der Waals surface area contributed by atoms with E-state index in [-0.39, 0.29) is 5.91 Å². The summed E-state index contributed by atoms with van der Waals surface area (Å²) in [4.78, 5) is 17.1. The standard InChI is InChI=1S/C18H23ClN4O2/c1-2-23-13-21-11-15(23)12-22-17(24)18(7-9-20-10-8-18)25-16-5-3-14(19)4-6-16/h3-6,11,13,20H,2,7-10,12H2,1H3,(H,22,24). The molecule has 0 radical (unpaired) electrons. The summed E-state index contributed by atoms with van der Waals surface area (Å²) >= 11 is 5.93. The first kappa shape index (κ1) is 17.8. The van der Waals surface area contributed by atoms with E-state index in [0.717, 1.165) is 25.3 Å². The zero-order chi connectivity index (χ0) is 17.7. The lowest BCUT2D eigenvalue weighted by molar-refractivity contribution is -0.139. The highest BCUT2D eigenvalue weighted by molar-refractivity contribution is 6.30. The van der Waals surface area contributed by atoms with E-state index >= 15 is 0 Å². The number of carbonyl (C=O) groups is 1. The van der Waals surface area contributed by atoms with Crippen molar-refractivity contribution in [3.05, 3.63) is 47.5 Å². The van der Waals surface area contributed by atoms with Gasteiger partial charge in [-0.15, -0.1) is 0 Å². The Morgan fingerprint density at radius 2 is 2.08 bits per heavy atom. The van der Waals surface area contributed by atoms with E-state index in [4.69, 9.17) is 16.3 Å². The maximum atomic E-state index is 13.0. The molecule has 2 aromatic rings. The highest BCUT2D eigenvalue weighted by atomic mass is 35.5. The molecule has 7 heteroatoms. The Hall–Kier alpha value is -2.05. The van der Waals surface area contributed by atoms with Crippen LogP contribution in [0.15, 0.2) is 36.8 Å². The minimum Gasteiger partial charge on any atom is -0.477 e. The molecule has 0 bridgehead atoms. The zero-order valence-corrected chi connectivity index (χ0v) is 15.1. The number of ether oxygens (including phenoxy) is 1. The van der Waals surface area contributed by atoms with E-state index in [2.05, 4.69) is 15.6 Å². The lowest BCUT2D eigenvalue weighted by atomic mass is 9.91. The topological polar surface area (TPSA) is 68.2 Å². The van der Waals surface area contributed by atoms with E-state index in [1.165, 1.54) is 0 Å². The van der Waals surface area contributed by atoms with E-state index in [0.29, 0.717) is 30.2 Å². The molecule has 25 heavy (non-hydrogen) atoms. The van der Waals surface area contributed by atoms with Crippen molar-refractivity contribution in [1.29, 1.82) is 0 Å². The van der Waals surface area contributed by atoms with Crippen LogP contribution in [0.5, 0.6) is 5.75 Å². The number of aryl methyl sites for hydroxylation is 1. The highest BCUT2D eigenvalue weighted by Gasteiger charge is 2.42. The first-order chi connectivity index (χ1) is 12.1. The number of halogens is 1. The Morgan fingerprint density at radius 3 is 2.76 bits per heavy atom. The molecule has 1 aromatic carbocycles. The molecule has 6 nitrogen and oxygen atoms in total. The van der Waals surface area contributed by atoms with Gasteiger partial charge in [-0.3, -0.25) is 4.79 Å². The van der Waals surface area contributed by atoms with Crippen molar-refractivity contribution in [2.75, 3.05) is 13.1 Å². The van der Waals surface area contributed by atoms with Crippen LogP contribution in [0.2, 0.25) is 5.02 Å². The summed E-state index contributed by atoms with van der Waals surface area (Å²) in [7, 11) is 0. The summed E-state index contributed by atoms with van der Waals surface area (Å²) in [6, 6.07) is 7.13. The monoisotopic (exact) mass is 362 g/mol. The van der Waals surface area contributed by atoms with E-state index < -0.39 is 5.60 Å². The molecule has 0 saturated carbocycles. The van der Waals surface area contributed by atoms with Crippen LogP contribution in [0.1, 0.15) is 25.5 Å². The number of carbonyl (C=O) groups excluding carboxylic acids is 1. The van der Waals surface area contributed by atoms with Gasteiger partial charge in [-0.25, -0.2) is 4.98 Å². The van der Waals surface area contributed by atoms with Crippen molar-refractivity contribution >= 4 is 17.5 Å². The average molecular weight is 363 g/mol. The molecule has 0 unspecified atom stereocenters. The molecule has 2 heterocycles. The Balaban J connectivity index is 1.72. The Labute approximate surface area is 152 Å². The number of imidazole rings is 1. The van der Waals surface area contributed by atoms with Crippen LogP contribution >= 0.6 is 11.6 Å². The number of benzene rings is 1.